The van der Waals surface area contributed by atoms with Gasteiger partial charge in [-0.3, -0.25) is 4.79 Å². The number of nitrogens with zero attached hydrogens (tertiary/aromatic N) is 1. The van der Waals surface area contributed by atoms with E-state index in [1.807, 2.05) is 0 Å². The molecule has 0 fully saturated rings. The lowest BCUT2D eigenvalue weighted by Crippen LogP contribution is -2.24. The second-order valence-electron chi connectivity index (χ2n) is 3.32. The van der Waals surface area contributed by atoms with Crippen LogP contribution in [0.1, 0.15) is 12.5 Å². The number of aliphatic hydroxyl groups is 1. The van der Waals surface area contributed by atoms with Crippen LogP contribution < -0.4 is 11.1 Å². The summed E-state index contributed by atoms with van der Waals surface area (Å²) in [5.74, 6) is -0.972. The van der Waals surface area contributed by atoms with Crippen molar-refractivity contribution in [3.8, 4) is 6.07 Å². The third-order valence-corrected chi connectivity index (χ3v) is 2.07. The van der Waals surface area contributed by atoms with Crippen LogP contribution >= 0.6 is 0 Å². The molecule has 0 aliphatic heterocycles. The molecule has 88 valence electrons. The van der Waals surface area contributed by atoms with Crippen molar-refractivity contribution in [1.29, 1.82) is 5.26 Å². The number of aliphatic hydroxyl groups excluding tert-OH is 1. The minimum absolute atomic E-state index is 0.322. The zero-order valence-corrected chi connectivity index (χ0v) is 9.40. The second kappa shape index (κ2) is 5.56. The Morgan fingerprint density at radius 3 is 2.82 bits per heavy atom. The molecule has 0 aromatic heterocycles. The molecule has 0 radical (unpaired) electrons. The summed E-state index contributed by atoms with van der Waals surface area (Å²) in [5.41, 5.74) is 6.02. The Balaban J connectivity index is 3.18. The maximum absolute atomic E-state index is 11.5. The number of nitrogens with one attached hydrogen (secondary N) is 1. The van der Waals surface area contributed by atoms with Crippen molar-refractivity contribution in [2.75, 3.05) is 12.3 Å². The van der Waals surface area contributed by atoms with E-state index in [2.05, 4.69) is 5.32 Å². The lowest BCUT2D eigenvalue weighted by molar-refractivity contribution is -0.117. The van der Waals surface area contributed by atoms with Crippen LogP contribution in [0.25, 0.3) is 5.76 Å². The number of hydrogen-bond acceptors (Lipinski definition) is 4. The number of likely N-dealkylation sites (N-methyl/N-ethyl adjacent to an activating group) is 1. The Bertz CT molecular complexity index is 501. The van der Waals surface area contributed by atoms with Gasteiger partial charge in [0, 0.05) is 17.8 Å². The minimum atomic E-state index is -0.602. The average molecular weight is 231 g/mol. The summed E-state index contributed by atoms with van der Waals surface area (Å²) in [4.78, 5) is 11.5. The topological polar surface area (TPSA) is 99.1 Å². The Kier molecular flexibility index (Phi) is 4.12. The van der Waals surface area contributed by atoms with Crippen molar-refractivity contribution < 1.29 is 9.90 Å². The maximum atomic E-state index is 11.5. The normalized spacial score (nSPS) is 11.3. The molecule has 1 amide bonds. The third-order valence-electron chi connectivity index (χ3n) is 2.07. The van der Waals surface area contributed by atoms with Gasteiger partial charge in [-0.15, -0.1) is 0 Å². The van der Waals surface area contributed by atoms with Crippen LogP contribution in [0.3, 0.4) is 0 Å². The molecule has 5 heteroatoms. The van der Waals surface area contributed by atoms with Gasteiger partial charge in [0.25, 0.3) is 5.91 Å². The van der Waals surface area contributed by atoms with E-state index in [0.29, 0.717) is 17.8 Å². The number of nitrogens with two attached hydrogens (primary N) is 1. The number of carbonyl (C=O) groups excluding carboxylic acids is 1. The van der Waals surface area contributed by atoms with E-state index in [4.69, 9.17) is 11.0 Å². The largest absolute Gasteiger partial charge is 0.506 e. The Morgan fingerprint density at radius 2 is 2.29 bits per heavy atom. The summed E-state index contributed by atoms with van der Waals surface area (Å²) in [6.45, 7) is 2.11. The van der Waals surface area contributed by atoms with Gasteiger partial charge in [-0.05, 0) is 19.1 Å². The smallest absolute Gasteiger partial charge is 0.265 e. The van der Waals surface area contributed by atoms with E-state index >= 15 is 0 Å². The van der Waals surface area contributed by atoms with E-state index in [-0.39, 0.29) is 11.3 Å². The van der Waals surface area contributed by atoms with Crippen LogP contribution in [0.2, 0.25) is 0 Å². The van der Waals surface area contributed by atoms with Gasteiger partial charge in [0.05, 0.1) is 0 Å². The Labute approximate surface area is 99.2 Å². The first-order chi connectivity index (χ1) is 8.10. The fourth-order valence-corrected chi connectivity index (χ4v) is 1.29. The summed E-state index contributed by atoms with van der Waals surface area (Å²) in [6.07, 6.45) is 0. The highest BCUT2D eigenvalue weighted by Crippen LogP contribution is 2.18. The molecular weight excluding hydrogens is 218 g/mol. The first-order valence-electron chi connectivity index (χ1n) is 5.07. The van der Waals surface area contributed by atoms with Gasteiger partial charge in [-0.2, -0.15) is 5.26 Å². The van der Waals surface area contributed by atoms with Crippen LogP contribution in [-0.2, 0) is 4.79 Å². The number of nitrogen functional groups attached to an aromatic ring is 1. The highest BCUT2D eigenvalue weighted by atomic mass is 16.3. The number of rotatable bonds is 3. The van der Waals surface area contributed by atoms with E-state index < -0.39 is 5.91 Å². The summed E-state index contributed by atoms with van der Waals surface area (Å²) in [6, 6.07) is 8.03. The van der Waals surface area contributed by atoms with Crippen LogP contribution in [0.15, 0.2) is 29.8 Å². The van der Waals surface area contributed by atoms with Gasteiger partial charge in [0.1, 0.15) is 11.8 Å². The van der Waals surface area contributed by atoms with Crippen LogP contribution in [-0.4, -0.2) is 17.6 Å². The number of carbonyl (C=O) groups is 1. The van der Waals surface area contributed by atoms with Gasteiger partial charge in [0.2, 0.25) is 0 Å². The molecule has 17 heavy (non-hydrogen) atoms. The van der Waals surface area contributed by atoms with Crippen molar-refractivity contribution in [2.24, 2.45) is 0 Å². The van der Waals surface area contributed by atoms with Crippen molar-refractivity contribution in [1.82, 2.24) is 5.32 Å². The van der Waals surface area contributed by atoms with Gasteiger partial charge < -0.3 is 16.2 Å². The molecule has 1 aromatic carbocycles. The molecular formula is C12H13N3O2. The number of amides is 1. The number of benzene rings is 1. The molecule has 0 saturated heterocycles. The van der Waals surface area contributed by atoms with Crippen LogP contribution in [0.5, 0.6) is 0 Å². The van der Waals surface area contributed by atoms with E-state index in [9.17, 15) is 9.90 Å². The van der Waals surface area contributed by atoms with Crippen LogP contribution in [0, 0.1) is 11.3 Å². The Morgan fingerprint density at radius 1 is 1.59 bits per heavy atom. The molecule has 0 saturated carbocycles. The van der Waals surface area contributed by atoms with E-state index in [0.717, 1.165) is 0 Å². The van der Waals surface area contributed by atoms with E-state index in [1.165, 1.54) is 6.07 Å². The molecule has 1 rings (SSSR count). The molecule has 4 N–H and O–H groups in total. The third kappa shape index (κ3) is 2.98. The van der Waals surface area contributed by atoms with Crippen molar-refractivity contribution in [2.45, 2.75) is 6.92 Å². The first-order valence-corrected chi connectivity index (χ1v) is 5.07. The van der Waals surface area contributed by atoms with Crippen molar-refractivity contribution in [3.05, 3.63) is 35.4 Å². The molecule has 0 spiro atoms. The highest BCUT2D eigenvalue weighted by molar-refractivity contribution is 6.03. The van der Waals surface area contributed by atoms with Crippen LogP contribution in [0.4, 0.5) is 5.69 Å². The predicted molar refractivity (Wildman–Crippen MR) is 64.7 cm³/mol. The van der Waals surface area contributed by atoms with Gasteiger partial charge in [-0.25, -0.2) is 0 Å². The first kappa shape index (κ1) is 12.6. The van der Waals surface area contributed by atoms with Gasteiger partial charge >= 0.3 is 0 Å². The number of hydrogen-bond donors (Lipinski definition) is 3. The molecule has 0 unspecified atom stereocenters. The van der Waals surface area contributed by atoms with Gasteiger partial charge in [-0.1, -0.05) is 12.1 Å². The number of nitriles is 1. The second-order valence-corrected chi connectivity index (χ2v) is 3.32. The quantitative estimate of drug-likeness (QED) is 0.315. The highest BCUT2D eigenvalue weighted by Gasteiger charge is 2.15. The number of anilines is 1. The van der Waals surface area contributed by atoms with Gasteiger partial charge in [0.15, 0.2) is 5.57 Å². The Hall–Kier alpha value is -2.48. The molecule has 0 heterocycles. The predicted octanol–water partition coefficient (Wildman–Crippen LogP) is 1.20. The monoisotopic (exact) mass is 231 g/mol. The summed E-state index contributed by atoms with van der Waals surface area (Å²) < 4.78 is 0. The minimum Gasteiger partial charge on any atom is -0.506 e. The lowest BCUT2D eigenvalue weighted by atomic mass is 10.1. The fraction of sp³-hybridized carbons (Fsp3) is 0.167. The molecule has 0 atom stereocenters. The fourth-order valence-electron chi connectivity index (χ4n) is 1.29. The summed E-state index contributed by atoms with van der Waals surface area (Å²) in [7, 11) is 0. The zero-order chi connectivity index (χ0) is 12.8. The molecule has 5 nitrogen and oxygen atoms in total. The summed E-state index contributed by atoms with van der Waals surface area (Å²) >= 11 is 0. The SMILES string of the molecule is CCNC(=O)/C(C#N)=C(\O)c1cccc(N)c1. The molecule has 0 aliphatic carbocycles. The average Bonchev–Trinajstić information content (AvgIpc) is 2.30. The molecule has 0 aliphatic rings. The standard InChI is InChI=1S/C12H13N3O2/c1-2-15-12(17)10(7-13)11(16)8-4-3-5-9(14)6-8/h3-6,16H,2,14H2,1H3,(H,15,17)/b11-10-. The maximum Gasteiger partial charge on any atom is 0.265 e. The molecule has 0 bridgehead atoms. The lowest BCUT2D eigenvalue weighted by Gasteiger charge is -2.05. The zero-order valence-electron chi connectivity index (χ0n) is 9.40. The summed E-state index contributed by atoms with van der Waals surface area (Å²) in [5, 5.41) is 21.2. The molecule has 1 aromatic rings. The van der Waals surface area contributed by atoms with E-state index in [1.54, 1.807) is 31.2 Å². The van der Waals surface area contributed by atoms with Crippen molar-refractivity contribution in [3.63, 3.8) is 0 Å². The van der Waals surface area contributed by atoms with Crippen molar-refractivity contribution >= 4 is 17.4 Å².